The fourth-order valence-electron chi connectivity index (χ4n) is 1.84. The molecule has 2 aromatic carbocycles. The number of nitrogens with zero attached hydrogens (tertiary/aromatic N) is 1. The fourth-order valence-corrected chi connectivity index (χ4v) is 2.25. The van der Waals surface area contributed by atoms with Crippen LogP contribution in [0, 0.1) is 0 Å². The highest BCUT2D eigenvalue weighted by atomic mass is 79.9. The predicted molar refractivity (Wildman–Crippen MR) is 79.2 cm³/mol. The number of imidazole rings is 1. The van der Waals surface area contributed by atoms with Gasteiger partial charge in [0.15, 0.2) is 0 Å². The van der Waals surface area contributed by atoms with Crippen LogP contribution in [0.5, 0.6) is 0 Å². The van der Waals surface area contributed by atoms with Crippen molar-refractivity contribution in [2.24, 2.45) is 0 Å². The van der Waals surface area contributed by atoms with Gasteiger partial charge in [0.05, 0.1) is 11.0 Å². The molecule has 3 rings (SSSR count). The van der Waals surface area contributed by atoms with Crippen molar-refractivity contribution in [3.63, 3.8) is 0 Å². The lowest BCUT2D eigenvalue weighted by molar-refractivity contribution is 1.29. The van der Waals surface area contributed by atoms with Crippen LogP contribution < -0.4 is 0 Å². The van der Waals surface area contributed by atoms with E-state index in [9.17, 15) is 0 Å². The number of nitrogens with one attached hydrogen (secondary N) is 1. The van der Waals surface area contributed by atoms with Crippen LogP contribution in [0.15, 0.2) is 53.0 Å². The van der Waals surface area contributed by atoms with Crippen LogP contribution in [0.1, 0.15) is 11.4 Å². The normalized spacial score (nSPS) is 11.4. The summed E-state index contributed by atoms with van der Waals surface area (Å²) >= 11 is 3.46. The van der Waals surface area contributed by atoms with E-state index < -0.39 is 0 Å². The van der Waals surface area contributed by atoms with Gasteiger partial charge in [-0.25, -0.2) is 4.98 Å². The molecule has 0 atom stereocenters. The molecular formula is C15H11BrN2. The third-order valence-corrected chi connectivity index (χ3v) is 3.18. The molecule has 0 aliphatic rings. The molecule has 0 bridgehead atoms. The van der Waals surface area contributed by atoms with E-state index >= 15 is 0 Å². The molecule has 3 heteroatoms. The maximum Gasteiger partial charge on any atom is 0.131 e. The van der Waals surface area contributed by atoms with Crippen LogP contribution in [0.2, 0.25) is 0 Å². The van der Waals surface area contributed by atoms with Crippen molar-refractivity contribution in [2.75, 3.05) is 0 Å². The minimum atomic E-state index is 0.871. The Kier molecular flexibility index (Phi) is 2.99. The number of aromatic nitrogens is 2. The lowest BCUT2D eigenvalue weighted by atomic mass is 10.2. The number of hydrogen-bond donors (Lipinski definition) is 1. The summed E-state index contributed by atoms with van der Waals surface area (Å²) in [4.78, 5) is 7.77. The average molecular weight is 299 g/mol. The summed E-state index contributed by atoms with van der Waals surface area (Å²) in [6.07, 6.45) is 4.03. The van der Waals surface area contributed by atoms with Crippen LogP contribution in [-0.4, -0.2) is 9.97 Å². The van der Waals surface area contributed by atoms with Gasteiger partial charge in [0.1, 0.15) is 5.82 Å². The standard InChI is InChI=1S/C15H11BrN2/c16-12-5-3-4-11(10-12)8-9-15-17-13-6-1-2-7-14(13)18-15/h1-10H,(H,17,18). The van der Waals surface area contributed by atoms with Gasteiger partial charge in [-0.1, -0.05) is 46.3 Å². The second kappa shape index (κ2) is 4.78. The largest absolute Gasteiger partial charge is 0.338 e. The molecule has 3 aromatic rings. The smallest absolute Gasteiger partial charge is 0.131 e. The number of para-hydroxylation sites is 2. The van der Waals surface area contributed by atoms with Crippen molar-refractivity contribution in [1.82, 2.24) is 9.97 Å². The molecule has 1 N–H and O–H groups in total. The van der Waals surface area contributed by atoms with Crippen molar-refractivity contribution < 1.29 is 0 Å². The van der Waals surface area contributed by atoms with Crippen molar-refractivity contribution in [3.05, 3.63) is 64.4 Å². The number of hydrogen-bond acceptors (Lipinski definition) is 1. The van der Waals surface area contributed by atoms with E-state index in [1.807, 2.05) is 48.6 Å². The molecule has 0 radical (unpaired) electrons. The molecule has 1 heterocycles. The molecule has 1 aromatic heterocycles. The Bertz CT molecular complexity index is 680. The minimum absolute atomic E-state index is 0.871. The molecule has 0 amide bonds. The van der Waals surface area contributed by atoms with Gasteiger partial charge in [0.2, 0.25) is 0 Å². The van der Waals surface area contributed by atoms with E-state index in [0.717, 1.165) is 26.9 Å². The van der Waals surface area contributed by atoms with Crippen molar-refractivity contribution >= 4 is 39.1 Å². The van der Waals surface area contributed by atoms with Gasteiger partial charge >= 0.3 is 0 Å². The maximum absolute atomic E-state index is 4.50. The zero-order chi connectivity index (χ0) is 12.4. The fraction of sp³-hybridized carbons (Fsp3) is 0. The second-order valence-electron chi connectivity index (χ2n) is 4.03. The van der Waals surface area contributed by atoms with E-state index in [-0.39, 0.29) is 0 Å². The van der Waals surface area contributed by atoms with E-state index in [1.165, 1.54) is 0 Å². The van der Waals surface area contributed by atoms with Gasteiger partial charge in [-0.15, -0.1) is 0 Å². The van der Waals surface area contributed by atoms with E-state index in [4.69, 9.17) is 0 Å². The summed E-state index contributed by atoms with van der Waals surface area (Å²) in [5.41, 5.74) is 3.20. The summed E-state index contributed by atoms with van der Waals surface area (Å²) in [7, 11) is 0. The lowest BCUT2D eigenvalue weighted by Crippen LogP contribution is -1.75. The Morgan fingerprint density at radius 1 is 1.00 bits per heavy atom. The third-order valence-electron chi connectivity index (χ3n) is 2.69. The quantitative estimate of drug-likeness (QED) is 0.741. The average Bonchev–Trinajstić information content (AvgIpc) is 2.79. The van der Waals surface area contributed by atoms with E-state index in [2.05, 4.69) is 38.0 Å². The van der Waals surface area contributed by atoms with Crippen LogP contribution in [-0.2, 0) is 0 Å². The van der Waals surface area contributed by atoms with Crippen molar-refractivity contribution in [1.29, 1.82) is 0 Å². The molecular weight excluding hydrogens is 288 g/mol. The first-order chi connectivity index (χ1) is 8.81. The molecule has 0 aliphatic heterocycles. The number of fused-ring (bicyclic) bond motifs is 1. The third kappa shape index (κ3) is 2.36. The van der Waals surface area contributed by atoms with Crippen LogP contribution >= 0.6 is 15.9 Å². The Hall–Kier alpha value is -1.87. The second-order valence-corrected chi connectivity index (χ2v) is 4.94. The highest BCUT2D eigenvalue weighted by molar-refractivity contribution is 9.10. The molecule has 0 fully saturated rings. The lowest BCUT2D eigenvalue weighted by Gasteiger charge is -1.93. The summed E-state index contributed by atoms with van der Waals surface area (Å²) in [5, 5.41) is 0. The van der Waals surface area contributed by atoms with Gasteiger partial charge in [-0.3, -0.25) is 0 Å². The zero-order valence-electron chi connectivity index (χ0n) is 9.60. The topological polar surface area (TPSA) is 28.7 Å². The first-order valence-corrected chi connectivity index (χ1v) is 6.49. The molecule has 2 nitrogen and oxygen atoms in total. The monoisotopic (exact) mass is 298 g/mol. The highest BCUT2D eigenvalue weighted by Crippen LogP contribution is 2.15. The number of halogens is 1. The minimum Gasteiger partial charge on any atom is -0.338 e. The highest BCUT2D eigenvalue weighted by Gasteiger charge is 1.97. The van der Waals surface area contributed by atoms with Gasteiger partial charge < -0.3 is 4.98 Å². The number of H-pyrrole nitrogens is 1. The van der Waals surface area contributed by atoms with Crippen molar-refractivity contribution in [2.45, 2.75) is 0 Å². The van der Waals surface area contributed by atoms with Gasteiger partial charge in [-0.05, 0) is 35.9 Å². The Morgan fingerprint density at radius 3 is 2.72 bits per heavy atom. The summed E-state index contributed by atoms with van der Waals surface area (Å²) < 4.78 is 1.08. The molecule has 0 unspecified atom stereocenters. The molecule has 0 saturated heterocycles. The van der Waals surface area contributed by atoms with Gasteiger partial charge in [0, 0.05) is 4.47 Å². The maximum atomic E-state index is 4.50. The van der Waals surface area contributed by atoms with Gasteiger partial charge in [-0.2, -0.15) is 0 Å². The molecule has 88 valence electrons. The Labute approximate surface area is 114 Å². The summed E-state index contributed by atoms with van der Waals surface area (Å²) in [6.45, 7) is 0. The number of rotatable bonds is 2. The zero-order valence-corrected chi connectivity index (χ0v) is 11.2. The van der Waals surface area contributed by atoms with Crippen LogP contribution in [0.25, 0.3) is 23.2 Å². The van der Waals surface area contributed by atoms with E-state index in [1.54, 1.807) is 0 Å². The van der Waals surface area contributed by atoms with Crippen molar-refractivity contribution in [3.8, 4) is 0 Å². The molecule has 0 aliphatic carbocycles. The molecule has 0 saturated carbocycles. The first-order valence-electron chi connectivity index (χ1n) is 5.70. The summed E-state index contributed by atoms with van der Waals surface area (Å²) in [6, 6.07) is 16.2. The Morgan fingerprint density at radius 2 is 1.89 bits per heavy atom. The van der Waals surface area contributed by atoms with E-state index in [0.29, 0.717) is 0 Å². The SMILES string of the molecule is Brc1cccc(C=Cc2nc3ccccc3[nH]2)c1. The Balaban J connectivity index is 1.92. The van der Waals surface area contributed by atoms with Crippen LogP contribution in [0.3, 0.4) is 0 Å². The summed E-state index contributed by atoms with van der Waals surface area (Å²) in [5.74, 6) is 0.871. The molecule has 0 spiro atoms. The number of aromatic amines is 1. The predicted octanol–water partition coefficient (Wildman–Crippen LogP) is 4.50. The van der Waals surface area contributed by atoms with Gasteiger partial charge in [0.25, 0.3) is 0 Å². The first kappa shape index (κ1) is 11.2. The molecule has 18 heavy (non-hydrogen) atoms. The van der Waals surface area contributed by atoms with Crippen LogP contribution in [0.4, 0.5) is 0 Å². The number of benzene rings is 2.